The summed E-state index contributed by atoms with van der Waals surface area (Å²) in [6, 6.07) is 7.67. The largest absolute Gasteiger partial charge is 0.480 e. The lowest BCUT2D eigenvalue weighted by Crippen LogP contribution is -2.55. The van der Waals surface area contributed by atoms with Crippen LogP contribution in [0.3, 0.4) is 0 Å². The molecule has 2 heterocycles. The molecule has 0 spiro atoms. The number of hydrogen-bond acceptors (Lipinski definition) is 6. The monoisotopic (exact) mass is 625 g/mol. The van der Waals surface area contributed by atoms with Crippen molar-refractivity contribution in [2.45, 2.75) is 56.6 Å². The van der Waals surface area contributed by atoms with Gasteiger partial charge in [-0.05, 0) is 74.5 Å². The van der Waals surface area contributed by atoms with Crippen molar-refractivity contribution in [3.8, 4) is 0 Å². The molecule has 13 heteroatoms. The third-order valence-corrected chi connectivity index (χ3v) is 9.01. The first-order valence-electron chi connectivity index (χ1n) is 12.8. The van der Waals surface area contributed by atoms with Gasteiger partial charge in [0.2, 0.25) is 15.9 Å². The van der Waals surface area contributed by atoms with Crippen LogP contribution in [0, 0.1) is 12.3 Å². The zero-order valence-electron chi connectivity index (χ0n) is 23.2. The van der Waals surface area contributed by atoms with Crippen LogP contribution in [-0.2, 0) is 39.0 Å². The Labute approximate surface area is 253 Å². The van der Waals surface area contributed by atoms with Gasteiger partial charge in [0.25, 0.3) is 0 Å². The van der Waals surface area contributed by atoms with E-state index in [1.807, 2.05) is 20.9 Å². The van der Waals surface area contributed by atoms with Gasteiger partial charge in [0.15, 0.2) is 0 Å². The summed E-state index contributed by atoms with van der Waals surface area (Å²) in [5.74, 6) is -1.93. The fourth-order valence-electron chi connectivity index (χ4n) is 5.29. The van der Waals surface area contributed by atoms with E-state index in [2.05, 4.69) is 9.62 Å². The lowest BCUT2D eigenvalue weighted by molar-refractivity contribution is -0.150. The molecular formula is C28H37Cl2N5O5S. The SMILES string of the molecule is CC1=CCN(C(=O)[C@H](Cc2cccc(C(=N)N)c2)NS(=O)(=O)c2ccc(C)c3c2CN(C)CC3)[C@@H](C(=O)O)C1.Cl.Cl. The quantitative estimate of drug-likeness (QED) is 0.199. The predicted octanol–water partition coefficient (Wildman–Crippen LogP) is 2.63. The van der Waals surface area contributed by atoms with Crippen LogP contribution in [0.1, 0.15) is 41.2 Å². The van der Waals surface area contributed by atoms with Gasteiger partial charge in [-0.15, -0.1) is 24.8 Å². The number of rotatable bonds is 8. The number of amidine groups is 1. The van der Waals surface area contributed by atoms with E-state index >= 15 is 0 Å². The molecule has 2 aromatic rings. The highest BCUT2D eigenvalue weighted by molar-refractivity contribution is 7.89. The summed E-state index contributed by atoms with van der Waals surface area (Å²) in [5.41, 5.74) is 10.3. The van der Waals surface area contributed by atoms with E-state index in [0.29, 0.717) is 23.2 Å². The van der Waals surface area contributed by atoms with E-state index in [9.17, 15) is 23.1 Å². The highest BCUT2D eigenvalue weighted by atomic mass is 35.5. The van der Waals surface area contributed by atoms with Crippen molar-refractivity contribution in [1.29, 1.82) is 5.41 Å². The molecule has 0 unspecified atom stereocenters. The number of aryl methyl sites for hydroxylation is 1. The fourth-order valence-corrected chi connectivity index (χ4v) is 6.73. The summed E-state index contributed by atoms with van der Waals surface area (Å²) in [7, 11) is -2.24. The molecular weight excluding hydrogens is 589 g/mol. The first-order chi connectivity index (χ1) is 18.4. The molecule has 0 saturated carbocycles. The van der Waals surface area contributed by atoms with Gasteiger partial charge in [-0.25, -0.2) is 13.2 Å². The molecule has 0 saturated heterocycles. The third-order valence-electron chi connectivity index (χ3n) is 7.45. The summed E-state index contributed by atoms with van der Waals surface area (Å²) in [6.45, 7) is 5.11. The summed E-state index contributed by atoms with van der Waals surface area (Å²) < 4.78 is 30.4. The lowest BCUT2D eigenvalue weighted by Gasteiger charge is -2.35. The Hall–Kier alpha value is -2.96. The standard InChI is InChI=1S/C28H35N5O5S.2ClH/c1-17-9-12-33(24(13-17)28(35)36)27(34)23(15-19-5-4-6-20(14-19)26(29)30)31-39(37,38)25-8-7-18(2)21-10-11-32(3)16-22(21)25;;/h4-9,14,23-24,31H,10-13,15-16H2,1-3H3,(H3,29,30)(H,35,36);2*1H/t23-,24+;;/m0../s1. The maximum atomic E-state index is 13.9. The van der Waals surface area contributed by atoms with Crippen LogP contribution < -0.4 is 10.5 Å². The number of carbonyl (C=O) groups excluding carboxylic acids is 1. The number of carboxylic acid groups (broad SMARTS) is 1. The van der Waals surface area contributed by atoms with Gasteiger partial charge in [0, 0.05) is 25.2 Å². The number of benzene rings is 2. The number of amides is 1. The van der Waals surface area contributed by atoms with Gasteiger partial charge < -0.3 is 20.6 Å². The second-order valence-electron chi connectivity index (χ2n) is 10.4. The number of halogens is 2. The van der Waals surface area contributed by atoms with E-state index in [4.69, 9.17) is 11.1 Å². The molecule has 0 aromatic heterocycles. The zero-order valence-corrected chi connectivity index (χ0v) is 25.7. The third kappa shape index (κ3) is 7.66. The molecule has 0 radical (unpaired) electrons. The van der Waals surface area contributed by atoms with Crippen LogP contribution in [0.2, 0.25) is 0 Å². The van der Waals surface area contributed by atoms with E-state index in [1.165, 1.54) is 4.90 Å². The Balaban J connectivity index is 0.00000294. The van der Waals surface area contributed by atoms with Crippen LogP contribution in [0.5, 0.6) is 0 Å². The molecule has 41 heavy (non-hydrogen) atoms. The van der Waals surface area contributed by atoms with E-state index in [1.54, 1.807) is 42.5 Å². The normalized spacial score (nSPS) is 17.8. The van der Waals surface area contributed by atoms with Gasteiger partial charge in [0.05, 0.1) is 4.90 Å². The Morgan fingerprint density at radius 3 is 2.54 bits per heavy atom. The van der Waals surface area contributed by atoms with Crippen LogP contribution >= 0.6 is 24.8 Å². The van der Waals surface area contributed by atoms with Gasteiger partial charge in [0.1, 0.15) is 17.9 Å². The second kappa shape index (κ2) is 13.8. The minimum Gasteiger partial charge on any atom is -0.480 e. The molecule has 0 bridgehead atoms. The van der Waals surface area contributed by atoms with E-state index in [0.717, 1.165) is 29.7 Å². The summed E-state index contributed by atoms with van der Waals surface area (Å²) in [4.78, 5) is 29.3. The van der Waals surface area contributed by atoms with Crippen molar-refractivity contribution in [1.82, 2.24) is 14.5 Å². The average molecular weight is 627 g/mol. The molecule has 2 atom stereocenters. The summed E-state index contributed by atoms with van der Waals surface area (Å²) in [5, 5.41) is 17.6. The van der Waals surface area contributed by atoms with Gasteiger partial charge in [-0.3, -0.25) is 10.2 Å². The van der Waals surface area contributed by atoms with Crippen molar-refractivity contribution >= 4 is 52.5 Å². The first-order valence-corrected chi connectivity index (χ1v) is 14.3. The van der Waals surface area contributed by atoms with Gasteiger partial charge in [-0.2, -0.15) is 4.72 Å². The van der Waals surface area contributed by atoms with E-state index < -0.39 is 34.0 Å². The Bertz CT molecular complexity index is 1460. The number of carbonyl (C=O) groups is 2. The zero-order chi connectivity index (χ0) is 28.5. The van der Waals surface area contributed by atoms with Gasteiger partial charge >= 0.3 is 5.97 Å². The Morgan fingerprint density at radius 2 is 1.88 bits per heavy atom. The summed E-state index contributed by atoms with van der Waals surface area (Å²) in [6.07, 6.45) is 2.63. The molecule has 10 nitrogen and oxygen atoms in total. The number of aliphatic carboxylic acids is 1. The molecule has 0 fully saturated rings. The van der Waals surface area contributed by atoms with Crippen LogP contribution in [0.4, 0.5) is 0 Å². The topological polar surface area (TPSA) is 157 Å². The number of likely N-dealkylation sites (N-methyl/N-ethyl adjacent to an activating group) is 1. The van der Waals surface area contributed by atoms with Crippen molar-refractivity contribution in [2.75, 3.05) is 20.1 Å². The highest BCUT2D eigenvalue weighted by Gasteiger charge is 2.38. The smallest absolute Gasteiger partial charge is 0.326 e. The minimum absolute atomic E-state index is 0. The number of nitrogen functional groups attached to an aromatic ring is 1. The van der Waals surface area contributed by atoms with Gasteiger partial charge in [-0.1, -0.05) is 35.9 Å². The molecule has 224 valence electrons. The number of nitrogens with two attached hydrogens (primary N) is 1. The number of sulfonamides is 1. The van der Waals surface area contributed by atoms with E-state index in [-0.39, 0.29) is 54.9 Å². The molecule has 1 amide bonds. The molecule has 2 aliphatic heterocycles. The second-order valence-corrected chi connectivity index (χ2v) is 12.1. The summed E-state index contributed by atoms with van der Waals surface area (Å²) >= 11 is 0. The van der Waals surface area contributed by atoms with Crippen molar-refractivity contribution in [3.05, 3.63) is 75.9 Å². The predicted molar refractivity (Wildman–Crippen MR) is 162 cm³/mol. The van der Waals surface area contributed by atoms with Crippen LogP contribution in [0.15, 0.2) is 52.9 Å². The molecule has 4 rings (SSSR count). The molecule has 2 aromatic carbocycles. The minimum atomic E-state index is -4.17. The number of fused-ring (bicyclic) bond motifs is 1. The van der Waals surface area contributed by atoms with Crippen LogP contribution in [-0.4, -0.2) is 73.3 Å². The molecule has 2 aliphatic rings. The van der Waals surface area contributed by atoms with Crippen molar-refractivity contribution in [3.63, 3.8) is 0 Å². The molecule has 5 N–H and O–H groups in total. The number of nitrogens with zero attached hydrogens (tertiary/aromatic N) is 2. The first kappa shape index (κ1) is 34.2. The average Bonchev–Trinajstić information content (AvgIpc) is 2.87. The number of nitrogens with one attached hydrogen (secondary N) is 2. The highest BCUT2D eigenvalue weighted by Crippen LogP contribution is 2.29. The van der Waals surface area contributed by atoms with Crippen molar-refractivity contribution < 1.29 is 23.1 Å². The lowest BCUT2D eigenvalue weighted by atomic mass is 9.95. The maximum absolute atomic E-state index is 13.9. The van der Waals surface area contributed by atoms with Crippen molar-refractivity contribution in [2.24, 2.45) is 5.73 Å². The Morgan fingerprint density at radius 1 is 1.17 bits per heavy atom. The number of hydrogen-bond donors (Lipinski definition) is 4. The maximum Gasteiger partial charge on any atom is 0.326 e. The molecule has 0 aliphatic carbocycles. The number of carboxylic acids is 1. The fraction of sp³-hybridized carbons (Fsp3) is 0.393. The van der Waals surface area contributed by atoms with Crippen LogP contribution in [0.25, 0.3) is 0 Å². The Kier molecular flexibility index (Phi) is 11.5.